The largest absolute Gasteiger partial charge is 0.506 e. The number of Topliss-reactive ketones (excluding diaryl/α,β-unsaturated/α-hetero) is 3. The quantitative estimate of drug-likeness (QED) is 0.0616. The number of phenolic OH excluding ortho intramolecular Hbond substituents is 2. The van der Waals surface area contributed by atoms with E-state index in [0.717, 1.165) is 28.4 Å². The monoisotopic (exact) mass is 602 g/mol. The predicted octanol–water partition coefficient (Wildman–Crippen LogP) is 8.76. The molecule has 3 N–H and O–H groups in total. The maximum Gasteiger partial charge on any atom is 0.184 e. The van der Waals surface area contributed by atoms with Crippen LogP contribution in [0.15, 0.2) is 70.9 Å². The Labute approximate surface area is 263 Å². The van der Waals surface area contributed by atoms with Crippen molar-refractivity contribution in [1.82, 2.24) is 0 Å². The maximum absolute atomic E-state index is 15.2. The van der Waals surface area contributed by atoms with Gasteiger partial charge in [-0.25, -0.2) is 0 Å². The Morgan fingerprint density at radius 1 is 0.909 bits per heavy atom. The molecule has 0 aliphatic heterocycles. The fraction of sp³-hybridized carbons (Fsp3) is 0.500. The number of ketones is 3. The molecule has 0 amide bonds. The van der Waals surface area contributed by atoms with Crippen LogP contribution in [0.1, 0.15) is 100.0 Å². The standard InChI is InChI=1S/C38H50O6/c1-22(2)11-13-27(25(7)8)20-37-21-28(15-12-23(3)4)36(9,10)38(35(37)44,18-17-24(5)6)34(43)31(33(37)42)32(41)26-14-16-29(39)30(40)19-26/h11-12,14,16-17,19,27-28,39-41H,7,13,15,18,20-21H2,1-6,8-10H3/b32-31+/t27?,28?,37-,38+/m1/s1. The first-order valence-corrected chi connectivity index (χ1v) is 15.5. The van der Waals surface area contributed by atoms with Crippen molar-refractivity contribution in [1.29, 1.82) is 0 Å². The van der Waals surface area contributed by atoms with E-state index in [-0.39, 0.29) is 42.4 Å². The summed E-state index contributed by atoms with van der Waals surface area (Å²) in [6.45, 7) is 21.9. The molecule has 0 radical (unpaired) electrons. The fourth-order valence-corrected chi connectivity index (χ4v) is 7.08. The number of phenols is 2. The van der Waals surface area contributed by atoms with Crippen molar-refractivity contribution in [2.75, 3.05) is 0 Å². The average Bonchev–Trinajstić information content (AvgIpc) is 2.91. The highest BCUT2D eigenvalue weighted by Crippen LogP contribution is 2.66. The van der Waals surface area contributed by atoms with Crippen LogP contribution >= 0.6 is 0 Å². The Morgan fingerprint density at radius 2 is 1.50 bits per heavy atom. The number of aromatic hydroxyl groups is 2. The molecule has 2 unspecified atom stereocenters. The zero-order valence-electron chi connectivity index (χ0n) is 27.9. The third kappa shape index (κ3) is 6.00. The molecule has 3 rings (SSSR count). The van der Waals surface area contributed by atoms with E-state index >= 15 is 4.79 Å². The van der Waals surface area contributed by atoms with Crippen LogP contribution in [0.2, 0.25) is 0 Å². The number of carbonyl (C=O) groups excluding carboxylic acids is 3. The van der Waals surface area contributed by atoms with E-state index < -0.39 is 50.6 Å². The van der Waals surface area contributed by atoms with Gasteiger partial charge in [0.1, 0.15) is 16.7 Å². The number of fused-ring (bicyclic) bond motifs is 2. The molecule has 0 saturated heterocycles. The lowest BCUT2D eigenvalue weighted by Gasteiger charge is -2.60. The molecule has 1 aromatic carbocycles. The van der Waals surface area contributed by atoms with Crippen molar-refractivity contribution in [2.45, 2.75) is 94.4 Å². The van der Waals surface area contributed by atoms with Gasteiger partial charge in [-0.05, 0) is 116 Å². The second-order valence-corrected chi connectivity index (χ2v) is 14.3. The molecule has 44 heavy (non-hydrogen) atoms. The highest BCUT2D eigenvalue weighted by atomic mass is 16.3. The molecule has 6 nitrogen and oxygen atoms in total. The zero-order valence-corrected chi connectivity index (χ0v) is 27.9. The Bertz CT molecular complexity index is 1490. The number of aliphatic hydroxyl groups excluding tert-OH is 1. The smallest absolute Gasteiger partial charge is 0.184 e. The van der Waals surface area contributed by atoms with Gasteiger partial charge in [0.15, 0.2) is 28.8 Å². The Balaban J connectivity index is 2.47. The second-order valence-electron chi connectivity index (χ2n) is 14.3. The van der Waals surface area contributed by atoms with Crippen LogP contribution < -0.4 is 0 Å². The number of rotatable bonds is 10. The Hall–Kier alpha value is -3.67. The normalized spacial score (nSPS) is 26.0. The lowest BCUT2D eigenvalue weighted by molar-refractivity contribution is -0.177. The molecule has 2 aliphatic rings. The van der Waals surface area contributed by atoms with Crippen LogP contribution in [0.4, 0.5) is 0 Å². The van der Waals surface area contributed by atoms with E-state index in [1.807, 2.05) is 68.4 Å². The van der Waals surface area contributed by atoms with Crippen molar-refractivity contribution in [3.8, 4) is 11.5 Å². The lowest BCUT2D eigenvalue weighted by Crippen LogP contribution is -2.69. The SMILES string of the molecule is C=C(C)C(CC=C(C)C)C[C@@]12CC(CC=C(C)C)C(C)(C)[C@@](CC=C(C)C)(C(=O)/C(=C(/O)c3ccc(O)c(O)c3)C1=O)C2=O. The van der Waals surface area contributed by atoms with Gasteiger partial charge in [0.2, 0.25) is 0 Å². The van der Waals surface area contributed by atoms with Crippen molar-refractivity contribution >= 4 is 23.1 Å². The third-order valence-corrected chi connectivity index (χ3v) is 10.0. The summed E-state index contributed by atoms with van der Waals surface area (Å²) in [6, 6.07) is 3.65. The number of carbonyl (C=O) groups is 3. The minimum absolute atomic E-state index is 0.0110. The van der Waals surface area contributed by atoms with Gasteiger partial charge in [-0.2, -0.15) is 0 Å². The van der Waals surface area contributed by atoms with Crippen LogP contribution in [-0.4, -0.2) is 32.7 Å². The van der Waals surface area contributed by atoms with Crippen LogP contribution in [-0.2, 0) is 14.4 Å². The van der Waals surface area contributed by atoms with Gasteiger partial charge in [-0.1, -0.05) is 60.9 Å². The summed E-state index contributed by atoms with van der Waals surface area (Å²) in [6.07, 6.45) is 7.79. The molecular weight excluding hydrogens is 552 g/mol. The Morgan fingerprint density at radius 3 is 2.02 bits per heavy atom. The topological polar surface area (TPSA) is 112 Å². The third-order valence-electron chi connectivity index (χ3n) is 10.0. The van der Waals surface area contributed by atoms with E-state index in [1.54, 1.807) is 0 Å². The predicted molar refractivity (Wildman–Crippen MR) is 176 cm³/mol. The maximum atomic E-state index is 15.2. The molecule has 238 valence electrons. The number of allylic oxidation sites excluding steroid dienone is 8. The molecule has 6 heteroatoms. The van der Waals surface area contributed by atoms with Crippen LogP contribution in [0.5, 0.6) is 11.5 Å². The van der Waals surface area contributed by atoms with Crippen LogP contribution in [0, 0.1) is 28.1 Å². The summed E-state index contributed by atoms with van der Waals surface area (Å²) < 4.78 is 0. The van der Waals surface area contributed by atoms with Gasteiger partial charge < -0.3 is 15.3 Å². The number of aliphatic hydroxyl groups is 1. The van der Waals surface area contributed by atoms with Crippen LogP contribution in [0.3, 0.4) is 0 Å². The number of hydrogen-bond donors (Lipinski definition) is 3. The highest BCUT2D eigenvalue weighted by Gasteiger charge is 2.74. The molecule has 1 aromatic rings. The lowest BCUT2D eigenvalue weighted by atomic mass is 9.38. The van der Waals surface area contributed by atoms with Gasteiger partial charge >= 0.3 is 0 Å². The fourth-order valence-electron chi connectivity index (χ4n) is 7.08. The van der Waals surface area contributed by atoms with Gasteiger partial charge in [0.25, 0.3) is 0 Å². The highest BCUT2D eigenvalue weighted by molar-refractivity contribution is 6.41. The minimum atomic E-state index is -1.62. The van der Waals surface area contributed by atoms with E-state index in [2.05, 4.69) is 18.7 Å². The van der Waals surface area contributed by atoms with E-state index in [9.17, 15) is 24.9 Å². The molecule has 0 spiro atoms. The van der Waals surface area contributed by atoms with Gasteiger partial charge in [-0.15, -0.1) is 0 Å². The van der Waals surface area contributed by atoms with Gasteiger partial charge in [0.05, 0.1) is 5.41 Å². The molecule has 2 fully saturated rings. The van der Waals surface area contributed by atoms with E-state index in [4.69, 9.17) is 0 Å². The molecule has 0 heterocycles. The second kappa shape index (κ2) is 12.7. The number of hydrogen-bond acceptors (Lipinski definition) is 6. The molecule has 2 bridgehead atoms. The van der Waals surface area contributed by atoms with Crippen molar-refractivity contribution in [2.24, 2.45) is 28.1 Å². The molecule has 2 saturated carbocycles. The Kier molecular flexibility index (Phi) is 10.1. The number of benzene rings is 1. The summed E-state index contributed by atoms with van der Waals surface area (Å²) in [5, 5.41) is 31.7. The van der Waals surface area contributed by atoms with Crippen molar-refractivity contribution in [3.05, 3.63) is 76.4 Å². The van der Waals surface area contributed by atoms with Crippen molar-refractivity contribution < 1.29 is 29.7 Å². The summed E-state index contributed by atoms with van der Waals surface area (Å²) in [5.41, 5.74) is -0.453. The first-order valence-electron chi connectivity index (χ1n) is 15.5. The summed E-state index contributed by atoms with van der Waals surface area (Å²) in [7, 11) is 0. The van der Waals surface area contributed by atoms with E-state index in [1.165, 1.54) is 12.1 Å². The minimum Gasteiger partial charge on any atom is -0.506 e. The average molecular weight is 603 g/mol. The molecule has 4 atom stereocenters. The zero-order chi connectivity index (χ0) is 33.4. The van der Waals surface area contributed by atoms with Gasteiger partial charge in [0, 0.05) is 5.56 Å². The molecular formula is C38H50O6. The first kappa shape index (κ1) is 34.8. The van der Waals surface area contributed by atoms with Crippen LogP contribution in [0.25, 0.3) is 5.76 Å². The first-order chi connectivity index (χ1) is 20.3. The molecule has 0 aromatic heterocycles. The summed E-state index contributed by atoms with van der Waals surface area (Å²) in [4.78, 5) is 44.9. The summed E-state index contributed by atoms with van der Waals surface area (Å²) in [5.74, 6) is -3.61. The van der Waals surface area contributed by atoms with E-state index in [0.29, 0.717) is 12.8 Å². The molecule has 2 aliphatic carbocycles. The van der Waals surface area contributed by atoms with Gasteiger partial charge in [-0.3, -0.25) is 14.4 Å². The summed E-state index contributed by atoms with van der Waals surface area (Å²) >= 11 is 0. The van der Waals surface area contributed by atoms with Crippen molar-refractivity contribution in [3.63, 3.8) is 0 Å².